The van der Waals surface area contributed by atoms with E-state index in [0.29, 0.717) is 22.2 Å². The van der Waals surface area contributed by atoms with Gasteiger partial charge < -0.3 is 16.2 Å². The van der Waals surface area contributed by atoms with Crippen LogP contribution < -0.4 is 16.2 Å². The number of rotatable bonds is 4. The Morgan fingerprint density at radius 1 is 1.04 bits per heavy atom. The molecule has 9 heteroatoms. The highest BCUT2D eigenvalue weighted by Gasteiger charge is 2.12. The van der Waals surface area contributed by atoms with Gasteiger partial charge in [-0.2, -0.15) is 13.4 Å². The van der Waals surface area contributed by atoms with Gasteiger partial charge in [0.15, 0.2) is 0 Å². The van der Waals surface area contributed by atoms with Crippen molar-refractivity contribution in [1.29, 1.82) is 0 Å². The minimum atomic E-state index is -4.71. The van der Waals surface area contributed by atoms with Crippen LogP contribution in [0.15, 0.2) is 47.4 Å². The molecule has 3 aromatic rings. The highest BCUT2D eigenvalue weighted by Crippen LogP contribution is 2.29. The quantitative estimate of drug-likeness (QED) is 0.692. The molecular weight excluding hydrogens is 335 g/mol. The lowest BCUT2D eigenvalue weighted by atomic mass is 10.2. The zero-order chi connectivity index (χ0) is 17.3. The summed E-state index contributed by atoms with van der Waals surface area (Å²) < 4.78 is 40.2. The van der Waals surface area contributed by atoms with E-state index in [4.69, 9.17) is 16.2 Å². The molecular formula is C15H13FN4O3S. The van der Waals surface area contributed by atoms with Gasteiger partial charge in [-0.1, -0.05) is 18.2 Å². The second kappa shape index (κ2) is 5.93. The topological polar surface area (TPSA) is 121 Å². The molecule has 0 aliphatic rings. The van der Waals surface area contributed by atoms with Crippen LogP contribution in [0.3, 0.4) is 0 Å². The molecule has 0 spiro atoms. The van der Waals surface area contributed by atoms with E-state index in [1.165, 1.54) is 24.3 Å². The Bertz CT molecular complexity index is 1010. The summed E-state index contributed by atoms with van der Waals surface area (Å²) in [6.45, 7) is 0.134. The fraction of sp³-hybridized carbons (Fsp3) is 0.0667. The van der Waals surface area contributed by atoms with Crippen molar-refractivity contribution in [3.05, 3.63) is 48.0 Å². The molecule has 0 amide bonds. The van der Waals surface area contributed by atoms with Gasteiger partial charge in [0.05, 0.1) is 15.8 Å². The average molecular weight is 348 g/mol. The minimum Gasteiger partial charge on any atom is -0.488 e. The highest BCUT2D eigenvalue weighted by atomic mass is 32.3. The molecule has 2 aromatic carbocycles. The number of ether oxygens (including phenoxy) is 1. The van der Waals surface area contributed by atoms with Crippen molar-refractivity contribution in [3.63, 3.8) is 0 Å². The third-order valence-electron chi connectivity index (χ3n) is 3.33. The first-order valence-corrected chi connectivity index (χ1v) is 8.21. The third kappa shape index (κ3) is 3.20. The molecule has 0 atom stereocenters. The smallest absolute Gasteiger partial charge is 0.332 e. The first-order chi connectivity index (χ1) is 11.3. The van der Waals surface area contributed by atoms with Gasteiger partial charge in [-0.3, -0.25) is 0 Å². The molecule has 0 bridgehead atoms. The number of hydrogen-bond acceptors (Lipinski definition) is 7. The van der Waals surface area contributed by atoms with Gasteiger partial charge in [-0.05, 0) is 29.8 Å². The minimum absolute atomic E-state index is 0.0696. The Labute approximate surface area is 137 Å². The molecule has 7 nitrogen and oxygen atoms in total. The third-order valence-corrected chi connectivity index (χ3v) is 4.16. The van der Waals surface area contributed by atoms with Crippen molar-refractivity contribution in [2.45, 2.75) is 11.5 Å². The normalized spacial score (nSPS) is 11.5. The molecule has 0 saturated heterocycles. The lowest BCUT2D eigenvalue weighted by molar-refractivity contribution is 0.310. The number of aromatic nitrogens is 2. The van der Waals surface area contributed by atoms with Crippen molar-refractivity contribution in [3.8, 4) is 5.75 Å². The first-order valence-electron chi connectivity index (χ1n) is 6.83. The average Bonchev–Trinajstić information content (AvgIpc) is 2.52. The standard InChI is InChI=1S/C15H13FN4O3S/c16-24(21,22)10-6-4-9(5-7-10)8-23-12-3-1-2-11-13(12)14(17)20-15(18)19-11/h1-7H,8H2,(H4,17,18,19,20). The lowest BCUT2D eigenvalue weighted by Gasteiger charge is -2.11. The molecule has 1 aromatic heterocycles. The van der Waals surface area contributed by atoms with Gasteiger partial charge in [0.1, 0.15) is 18.2 Å². The van der Waals surface area contributed by atoms with E-state index >= 15 is 0 Å². The molecule has 0 radical (unpaired) electrons. The number of benzene rings is 2. The molecule has 0 aliphatic heterocycles. The monoisotopic (exact) mass is 348 g/mol. The maximum atomic E-state index is 12.9. The molecule has 0 aliphatic carbocycles. The van der Waals surface area contributed by atoms with Crippen LogP contribution >= 0.6 is 0 Å². The summed E-state index contributed by atoms with van der Waals surface area (Å²) >= 11 is 0. The van der Waals surface area contributed by atoms with Crippen LogP contribution in [0.25, 0.3) is 10.9 Å². The van der Waals surface area contributed by atoms with Crippen LogP contribution in [0.2, 0.25) is 0 Å². The zero-order valence-electron chi connectivity index (χ0n) is 12.3. The lowest BCUT2D eigenvalue weighted by Crippen LogP contribution is -2.03. The van der Waals surface area contributed by atoms with Crippen LogP contribution in [0.5, 0.6) is 5.75 Å². The van der Waals surface area contributed by atoms with E-state index in [2.05, 4.69) is 9.97 Å². The van der Waals surface area contributed by atoms with E-state index < -0.39 is 15.1 Å². The summed E-state index contributed by atoms with van der Waals surface area (Å²) in [6, 6.07) is 10.5. The highest BCUT2D eigenvalue weighted by molar-refractivity contribution is 7.86. The van der Waals surface area contributed by atoms with E-state index in [1.54, 1.807) is 18.2 Å². The summed E-state index contributed by atoms with van der Waals surface area (Å²) in [5.74, 6) is 0.735. The van der Waals surface area contributed by atoms with Crippen LogP contribution in [-0.4, -0.2) is 18.4 Å². The molecule has 0 fully saturated rings. The summed E-state index contributed by atoms with van der Waals surface area (Å²) in [5.41, 5.74) is 12.7. The zero-order valence-corrected chi connectivity index (χ0v) is 13.1. The van der Waals surface area contributed by atoms with Gasteiger partial charge in [0, 0.05) is 0 Å². The second-order valence-electron chi connectivity index (χ2n) is 4.99. The fourth-order valence-electron chi connectivity index (χ4n) is 2.23. The number of hydrogen-bond donors (Lipinski definition) is 2. The van der Waals surface area contributed by atoms with E-state index in [1.807, 2.05) is 0 Å². The Morgan fingerprint density at radius 3 is 2.42 bits per heavy atom. The number of halogens is 1. The van der Waals surface area contributed by atoms with E-state index in [-0.39, 0.29) is 18.4 Å². The largest absolute Gasteiger partial charge is 0.488 e. The SMILES string of the molecule is Nc1nc(N)c2c(OCc3ccc(S(=O)(=O)F)cc3)cccc2n1. The van der Waals surface area contributed by atoms with Crippen molar-refractivity contribution >= 4 is 32.9 Å². The predicted octanol–water partition coefficient (Wildman–Crippen LogP) is 2.03. The van der Waals surface area contributed by atoms with Crippen LogP contribution in [0, 0.1) is 0 Å². The Kier molecular flexibility index (Phi) is 3.94. The van der Waals surface area contributed by atoms with Crippen LogP contribution in [-0.2, 0) is 16.8 Å². The fourth-order valence-corrected chi connectivity index (χ4v) is 2.69. The summed E-state index contributed by atoms with van der Waals surface area (Å²) in [7, 11) is -4.71. The van der Waals surface area contributed by atoms with Crippen molar-refractivity contribution < 1.29 is 17.0 Å². The Balaban J connectivity index is 1.86. The van der Waals surface area contributed by atoms with E-state index in [9.17, 15) is 12.3 Å². The molecule has 124 valence electrons. The summed E-state index contributed by atoms with van der Waals surface area (Å²) in [5, 5.41) is 0.537. The van der Waals surface area contributed by atoms with Gasteiger partial charge in [-0.15, -0.1) is 3.89 Å². The number of nitrogen functional groups attached to an aromatic ring is 2. The molecule has 0 saturated carbocycles. The molecule has 1 heterocycles. The van der Waals surface area contributed by atoms with Gasteiger partial charge in [0.25, 0.3) is 0 Å². The van der Waals surface area contributed by atoms with Gasteiger partial charge in [0.2, 0.25) is 5.95 Å². The summed E-state index contributed by atoms with van der Waals surface area (Å²) in [4.78, 5) is 7.60. The molecule has 24 heavy (non-hydrogen) atoms. The van der Waals surface area contributed by atoms with E-state index in [0.717, 1.165) is 0 Å². The Hall–Kier alpha value is -2.94. The second-order valence-corrected chi connectivity index (χ2v) is 6.33. The van der Waals surface area contributed by atoms with Crippen molar-refractivity contribution in [2.75, 3.05) is 11.5 Å². The predicted molar refractivity (Wildman–Crippen MR) is 87.4 cm³/mol. The van der Waals surface area contributed by atoms with Crippen LogP contribution in [0.1, 0.15) is 5.56 Å². The number of nitrogens with zero attached hydrogens (tertiary/aromatic N) is 2. The molecule has 3 rings (SSSR count). The number of anilines is 2. The number of fused-ring (bicyclic) bond motifs is 1. The van der Waals surface area contributed by atoms with Gasteiger partial charge in [-0.25, -0.2) is 4.98 Å². The number of nitrogens with two attached hydrogens (primary N) is 2. The summed E-state index contributed by atoms with van der Waals surface area (Å²) in [6.07, 6.45) is 0. The maximum Gasteiger partial charge on any atom is 0.332 e. The molecule has 0 unspecified atom stereocenters. The Morgan fingerprint density at radius 2 is 1.75 bits per heavy atom. The maximum absolute atomic E-state index is 12.9. The van der Waals surface area contributed by atoms with Gasteiger partial charge >= 0.3 is 10.2 Å². The first kappa shape index (κ1) is 15.9. The molecule has 4 N–H and O–H groups in total. The van der Waals surface area contributed by atoms with Crippen molar-refractivity contribution in [2.24, 2.45) is 0 Å². The van der Waals surface area contributed by atoms with Crippen LogP contribution in [0.4, 0.5) is 15.7 Å². The van der Waals surface area contributed by atoms with Crippen molar-refractivity contribution in [1.82, 2.24) is 9.97 Å².